The molecule has 0 saturated heterocycles. The molecule has 0 spiro atoms. The van der Waals surface area contributed by atoms with Crippen LogP contribution in [0.5, 0.6) is 0 Å². The zero-order valence-corrected chi connectivity index (χ0v) is 42.5. The van der Waals surface area contributed by atoms with Crippen LogP contribution in [0.3, 0.4) is 0 Å². The second-order valence-corrected chi connectivity index (χ2v) is 18.9. The van der Waals surface area contributed by atoms with Gasteiger partial charge >= 0.3 is 5.97 Å². The molecule has 0 aromatic heterocycles. The molecule has 0 saturated carbocycles. The van der Waals surface area contributed by atoms with Crippen molar-refractivity contribution in [3.63, 3.8) is 0 Å². The molecule has 0 fully saturated rings. The number of rotatable bonds is 51. The van der Waals surface area contributed by atoms with Crippen molar-refractivity contribution in [3.05, 3.63) is 48.6 Å². The zero-order valence-electron chi connectivity index (χ0n) is 42.5. The number of nitrogens with one attached hydrogen (secondary N) is 1. The summed E-state index contributed by atoms with van der Waals surface area (Å²) in [6, 6.07) is -0.631. The van der Waals surface area contributed by atoms with Crippen LogP contribution in [0.1, 0.15) is 284 Å². The molecule has 6 nitrogen and oxygen atoms in total. The van der Waals surface area contributed by atoms with Gasteiger partial charge in [-0.3, -0.25) is 9.59 Å². The van der Waals surface area contributed by atoms with Crippen molar-refractivity contribution in [1.29, 1.82) is 0 Å². The van der Waals surface area contributed by atoms with Crippen molar-refractivity contribution in [1.82, 2.24) is 5.32 Å². The monoisotopic (exact) mass is 898 g/mol. The first-order chi connectivity index (χ1) is 31.5. The lowest BCUT2D eigenvalue weighted by molar-refractivity contribution is -0.143. The molecule has 2 atom stereocenters. The topological polar surface area (TPSA) is 95.9 Å². The summed E-state index contributed by atoms with van der Waals surface area (Å²) >= 11 is 0. The molecule has 0 radical (unpaired) electrons. The lowest BCUT2D eigenvalue weighted by Crippen LogP contribution is -2.45. The number of carbonyl (C=O) groups excluding carboxylic acids is 2. The lowest BCUT2D eigenvalue weighted by Gasteiger charge is -2.20. The van der Waals surface area contributed by atoms with Crippen LogP contribution in [-0.4, -0.2) is 47.4 Å². The van der Waals surface area contributed by atoms with Gasteiger partial charge in [0.05, 0.1) is 25.4 Å². The zero-order chi connectivity index (χ0) is 46.5. The van der Waals surface area contributed by atoms with Crippen molar-refractivity contribution in [2.24, 2.45) is 0 Å². The number of unbranched alkanes of at least 4 members (excludes halogenated alkanes) is 34. The first-order valence-corrected chi connectivity index (χ1v) is 27.9. The van der Waals surface area contributed by atoms with E-state index in [1.54, 1.807) is 6.08 Å². The molecule has 374 valence electrons. The Hall–Kier alpha value is -2.18. The van der Waals surface area contributed by atoms with Gasteiger partial charge in [0.15, 0.2) is 0 Å². The van der Waals surface area contributed by atoms with E-state index in [4.69, 9.17) is 4.74 Å². The third kappa shape index (κ3) is 49.3. The van der Waals surface area contributed by atoms with Gasteiger partial charge in [-0.15, -0.1) is 0 Å². The number of hydrogen-bond donors (Lipinski definition) is 3. The molecule has 6 heteroatoms. The minimum Gasteiger partial charge on any atom is -0.466 e. The number of carbonyl (C=O) groups is 2. The lowest BCUT2D eigenvalue weighted by atomic mass is 10.0. The van der Waals surface area contributed by atoms with E-state index in [1.807, 2.05) is 6.08 Å². The number of allylic oxidation sites excluding steroid dienone is 7. The molecule has 0 rings (SSSR count). The molecule has 0 aromatic carbocycles. The van der Waals surface area contributed by atoms with Gasteiger partial charge in [-0.1, -0.05) is 236 Å². The van der Waals surface area contributed by atoms with E-state index in [0.717, 1.165) is 51.4 Å². The van der Waals surface area contributed by atoms with E-state index in [-0.39, 0.29) is 18.5 Å². The van der Waals surface area contributed by atoms with Crippen LogP contribution >= 0.6 is 0 Å². The van der Waals surface area contributed by atoms with E-state index in [9.17, 15) is 19.8 Å². The largest absolute Gasteiger partial charge is 0.466 e. The summed E-state index contributed by atoms with van der Waals surface area (Å²) in [6.45, 7) is 4.84. The first kappa shape index (κ1) is 61.8. The van der Waals surface area contributed by atoms with Gasteiger partial charge in [-0.25, -0.2) is 0 Å². The van der Waals surface area contributed by atoms with Gasteiger partial charge in [0.2, 0.25) is 5.91 Å². The fourth-order valence-electron chi connectivity index (χ4n) is 8.23. The quantitative estimate of drug-likeness (QED) is 0.0321. The van der Waals surface area contributed by atoms with Crippen LogP contribution < -0.4 is 5.32 Å². The van der Waals surface area contributed by atoms with Crippen LogP contribution in [-0.2, 0) is 14.3 Å². The molecule has 1 amide bonds. The molecule has 2 unspecified atom stereocenters. The Labute approximate surface area is 397 Å². The normalized spacial score (nSPS) is 13.0. The van der Waals surface area contributed by atoms with Crippen LogP contribution in [0.2, 0.25) is 0 Å². The Morgan fingerprint density at radius 1 is 0.438 bits per heavy atom. The standard InChI is InChI=1S/C58H107NO5/c1-3-5-7-9-11-13-30-34-38-42-46-50-56(61)55(54-60)59-57(62)51-47-43-39-35-32-28-26-24-22-20-18-16-15-17-19-21-23-25-27-29-33-37-41-45-49-53-64-58(63)52-48-44-40-36-31-14-12-10-8-6-4-2/h10,12,16-19,46,50,55-56,60-61H,3-9,11,13-15,20-45,47-49,51-54H2,1-2H3,(H,59,62)/b12-10-,18-16-,19-17-,50-46+. The molecule has 0 bridgehead atoms. The van der Waals surface area contributed by atoms with E-state index >= 15 is 0 Å². The van der Waals surface area contributed by atoms with Gasteiger partial charge in [0.25, 0.3) is 0 Å². The van der Waals surface area contributed by atoms with Gasteiger partial charge in [-0.05, 0) is 83.5 Å². The minimum atomic E-state index is -0.847. The molecule has 0 aromatic rings. The average molecular weight is 898 g/mol. The van der Waals surface area contributed by atoms with Crippen molar-refractivity contribution >= 4 is 11.9 Å². The summed E-state index contributed by atoms with van der Waals surface area (Å²) in [4.78, 5) is 24.4. The van der Waals surface area contributed by atoms with E-state index in [1.165, 1.54) is 205 Å². The Morgan fingerprint density at radius 2 is 0.797 bits per heavy atom. The summed E-state index contributed by atoms with van der Waals surface area (Å²) in [7, 11) is 0. The Kier molecular flexibility index (Phi) is 51.6. The predicted molar refractivity (Wildman–Crippen MR) is 278 cm³/mol. The Balaban J connectivity index is 3.46. The Morgan fingerprint density at radius 3 is 1.25 bits per heavy atom. The maximum Gasteiger partial charge on any atom is 0.305 e. The van der Waals surface area contributed by atoms with Crippen molar-refractivity contribution in [2.45, 2.75) is 296 Å². The van der Waals surface area contributed by atoms with Gasteiger partial charge in [0.1, 0.15) is 0 Å². The summed E-state index contributed by atoms with van der Waals surface area (Å²) in [5.41, 5.74) is 0. The van der Waals surface area contributed by atoms with Gasteiger partial charge in [0, 0.05) is 12.8 Å². The number of aliphatic hydroxyl groups excluding tert-OH is 2. The maximum atomic E-state index is 12.4. The van der Waals surface area contributed by atoms with Crippen LogP contribution in [0.15, 0.2) is 48.6 Å². The van der Waals surface area contributed by atoms with Crippen LogP contribution in [0, 0.1) is 0 Å². The number of esters is 1. The summed E-state index contributed by atoms with van der Waals surface area (Å²) in [5, 5.41) is 23.0. The van der Waals surface area contributed by atoms with Crippen molar-refractivity contribution < 1.29 is 24.5 Å². The molecule has 0 heterocycles. The number of amides is 1. The highest BCUT2D eigenvalue weighted by Gasteiger charge is 2.18. The Bertz CT molecular complexity index is 1080. The van der Waals surface area contributed by atoms with Crippen molar-refractivity contribution in [2.75, 3.05) is 13.2 Å². The third-order valence-corrected chi connectivity index (χ3v) is 12.6. The average Bonchev–Trinajstić information content (AvgIpc) is 3.29. The highest BCUT2D eigenvalue weighted by molar-refractivity contribution is 5.76. The number of hydrogen-bond acceptors (Lipinski definition) is 5. The minimum absolute atomic E-state index is 0.00341. The fraction of sp³-hybridized carbons (Fsp3) is 0.828. The molecule has 3 N–H and O–H groups in total. The summed E-state index contributed by atoms with van der Waals surface area (Å²) in [5.74, 6) is -0.0796. The number of aliphatic hydroxyl groups is 2. The second kappa shape index (κ2) is 53.4. The molecule has 64 heavy (non-hydrogen) atoms. The van der Waals surface area contributed by atoms with Crippen LogP contribution in [0.25, 0.3) is 0 Å². The van der Waals surface area contributed by atoms with Crippen molar-refractivity contribution in [3.8, 4) is 0 Å². The van der Waals surface area contributed by atoms with E-state index in [2.05, 4.69) is 55.6 Å². The summed E-state index contributed by atoms with van der Waals surface area (Å²) in [6.07, 6.45) is 67.1. The van der Waals surface area contributed by atoms with Crippen LogP contribution in [0.4, 0.5) is 0 Å². The second-order valence-electron chi connectivity index (χ2n) is 18.9. The molecule has 0 aliphatic rings. The molecular weight excluding hydrogens is 791 g/mol. The maximum absolute atomic E-state index is 12.4. The van der Waals surface area contributed by atoms with E-state index < -0.39 is 12.1 Å². The molecular formula is C58H107NO5. The first-order valence-electron chi connectivity index (χ1n) is 27.9. The SMILES string of the molecule is CCCC/C=C\CCCCCCCC(=O)OCCCCCCCCCCC/C=C\C/C=C\CCCCCCCCCCCC(=O)NC(CO)C(O)/C=C/CCCCCCCCCCC. The number of ether oxygens (including phenoxy) is 1. The fourth-order valence-corrected chi connectivity index (χ4v) is 8.23. The third-order valence-electron chi connectivity index (χ3n) is 12.6. The summed E-state index contributed by atoms with van der Waals surface area (Å²) < 4.78 is 5.45. The van der Waals surface area contributed by atoms with E-state index in [0.29, 0.717) is 19.4 Å². The van der Waals surface area contributed by atoms with Gasteiger partial charge in [-0.2, -0.15) is 0 Å². The molecule has 0 aliphatic heterocycles. The predicted octanol–water partition coefficient (Wildman–Crippen LogP) is 17.0. The smallest absolute Gasteiger partial charge is 0.305 e. The molecule has 0 aliphatic carbocycles. The highest BCUT2D eigenvalue weighted by atomic mass is 16.5. The van der Waals surface area contributed by atoms with Gasteiger partial charge < -0.3 is 20.3 Å². The highest BCUT2D eigenvalue weighted by Crippen LogP contribution is 2.15.